The van der Waals surface area contributed by atoms with E-state index in [4.69, 9.17) is 4.74 Å². The molecule has 0 aromatic heterocycles. The Morgan fingerprint density at radius 1 is 1.50 bits per heavy atom. The second kappa shape index (κ2) is 3.66. The molecule has 1 atom stereocenters. The van der Waals surface area contributed by atoms with Crippen LogP contribution in [-0.4, -0.2) is 36.7 Å². The quantitative estimate of drug-likeness (QED) is 0.673. The monoisotopic (exact) mass is 187 g/mol. The first-order chi connectivity index (χ1) is 5.86. The van der Waals surface area contributed by atoms with Crippen LogP contribution >= 0.6 is 11.8 Å². The second-order valence-corrected chi connectivity index (χ2v) is 4.45. The van der Waals surface area contributed by atoms with Crippen molar-refractivity contribution in [2.45, 2.75) is 12.5 Å². The van der Waals surface area contributed by atoms with Gasteiger partial charge in [-0.25, -0.2) is 0 Å². The number of thioether (sulfide) groups is 1. The third kappa shape index (κ3) is 1.75. The van der Waals surface area contributed by atoms with Gasteiger partial charge >= 0.3 is 0 Å². The van der Waals surface area contributed by atoms with Gasteiger partial charge in [0.2, 0.25) is 5.91 Å². The summed E-state index contributed by atoms with van der Waals surface area (Å²) in [6.07, 6.45) is 1.05. The van der Waals surface area contributed by atoms with E-state index in [0.29, 0.717) is 19.3 Å². The molecule has 2 rings (SSSR count). The van der Waals surface area contributed by atoms with Crippen LogP contribution in [0.25, 0.3) is 0 Å². The molecule has 68 valence electrons. The maximum atomic E-state index is 11.5. The normalized spacial score (nSPS) is 29.8. The Morgan fingerprint density at radius 2 is 2.33 bits per heavy atom. The summed E-state index contributed by atoms with van der Waals surface area (Å²) < 4.78 is 4.98. The molecule has 0 saturated carbocycles. The summed E-state index contributed by atoms with van der Waals surface area (Å²) >= 11 is 1.87. The van der Waals surface area contributed by atoms with Gasteiger partial charge in [-0.1, -0.05) is 0 Å². The molecule has 12 heavy (non-hydrogen) atoms. The van der Waals surface area contributed by atoms with Crippen LogP contribution in [0.1, 0.15) is 6.42 Å². The number of carbonyl (C=O) groups is 1. The molecule has 0 bridgehead atoms. The maximum absolute atomic E-state index is 11.5. The van der Waals surface area contributed by atoms with Crippen molar-refractivity contribution >= 4 is 17.7 Å². The van der Waals surface area contributed by atoms with Gasteiger partial charge in [-0.05, 0) is 12.2 Å². The van der Waals surface area contributed by atoms with Crippen LogP contribution in [0.15, 0.2) is 0 Å². The van der Waals surface area contributed by atoms with Crippen LogP contribution in [0.5, 0.6) is 0 Å². The number of rotatable bonds is 2. The zero-order valence-electron chi connectivity index (χ0n) is 6.91. The molecule has 0 spiro atoms. The van der Waals surface area contributed by atoms with Gasteiger partial charge in [0, 0.05) is 11.7 Å². The fraction of sp³-hybridized carbons (Fsp3) is 0.875. The van der Waals surface area contributed by atoms with E-state index < -0.39 is 0 Å². The predicted octanol–water partition coefficient (Wildman–Crippen LogP) is 0.254. The number of ether oxygens (including phenoxy) is 1. The third-order valence-corrected chi connectivity index (χ3v) is 3.45. The van der Waals surface area contributed by atoms with Crippen LogP contribution in [0.2, 0.25) is 0 Å². The highest BCUT2D eigenvalue weighted by Gasteiger charge is 2.27. The van der Waals surface area contributed by atoms with Crippen molar-refractivity contribution in [1.29, 1.82) is 0 Å². The van der Waals surface area contributed by atoms with E-state index in [1.165, 1.54) is 0 Å². The summed E-state index contributed by atoms with van der Waals surface area (Å²) in [6.45, 7) is 1.40. The maximum Gasteiger partial charge on any atom is 0.224 e. The number of carbonyl (C=O) groups excluding carboxylic acids is 1. The molecule has 2 fully saturated rings. The van der Waals surface area contributed by atoms with E-state index in [0.717, 1.165) is 17.9 Å². The fourth-order valence-corrected chi connectivity index (χ4v) is 2.60. The van der Waals surface area contributed by atoms with Gasteiger partial charge in [0.05, 0.1) is 19.3 Å². The zero-order valence-corrected chi connectivity index (χ0v) is 7.73. The first-order valence-electron chi connectivity index (χ1n) is 4.32. The Morgan fingerprint density at radius 3 is 2.83 bits per heavy atom. The summed E-state index contributed by atoms with van der Waals surface area (Å²) in [5.74, 6) is 2.63. The van der Waals surface area contributed by atoms with E-state index in [9.17, 15) is 4.79 Å². The molecule has 1 N–H and O–H groups in total. The third-order valence-electron chi connectivity index (χ3n) is 2.28. The van der Waals surface area contributed by atoms with E-state index in [1.54, 1.807) is 0 Å². The van der Waals surface area contributed by atoms with Crippen molar-refractivity contribution in [1.82, 2.24) is 5.32 Å². The minimum atomic E-state index is 0.230. The number of hydrogen-bond donors (Lipinski definition) is 1. The summed E-state index contributed by atoms with van der Waals surface area (Å²) in [5, 5.41) is 2.98. The minimum absolute atomic E-state index is 0.230. The lowest BCUT2D eigenvalue weighted by Crippen LogP contribution is -2.50. The van der Waals surface area contributed by atoms with Crippen molar-refractivity contribution in [2.24, 2.45) is 5.92 Å². The van der Waals surface area contributed by atoms with E-state index in [-0.39, 0.29) is 11.8 Å². The van der Waals surface area contributed by atoms with Crippen molar-refractivity contribution < 1.29 is 9.53 Å². The lowest BCUT2D eigenvalue weighted by atomic mass is 10.1. The zero-order chi connectivity index (χ0) is 8.39. The van der Waals surface area contributed by atoms with E-state index >= 15 is 0 Å². The van der Waals surface area contributed by atoms with Crippen LogP contribution in [0.3, 0.4) is 0 Å². The van der Waals surface area contributed by atoms with Gasteiger partial charge in [0.15, 0.2) is 0 Å². The minimum Gasteiger partial charge on any atom is -0.377 e. The average Bonchev–Trinajstić information content (AvgIpc) is 2.47. The highest BCUT2D eigenvalue weighted by Crippen LogP contribution is 2.23. The summed E-state index contributed by atoms with van der Waals surface area (Å²) in [4.78, 5) is 11.5. The van der Waals surface area contributed by atoms with Gasteiger partial charge in [0.1, 0.15) is 0 Å². The second-order valence-electron chi connectivity index (χ2n) is 3.30. The van der Waals surface area contributed by atoms with Gasteiger partial charge in [-0.2, -0.15) is 11.8 Å². The topological polar surface area (TPSA) is 38.3 Å². The molecular formula is C8H13NO2S. The Balaban J connectivity index is 1.74. The lowest BCUT2D eigenvalue weighted by molar-refractivity contribution is -0.128. The molecule has 1 amide bonds. The highest BCUT2D eigenvalue weighted by atomic mass is 32.2. The summed E-state index contributed by atoms with van der Waals surface area (Å²) in [6, 6.07) is 0.295. The Bertz CT molecular complexity index is 176. The smallest absolute Gasteiger partial charge is 0.224 e. The molecule has 0 aromatic rings. The SMILES string of the molecule is O=C(NC1COC1)C1CCSC1. The Labute approximate surface area is 76.2 Å². The predicted molar refractivity (Wildman–Crippen MR) is 48.2 cm³/mol. The van der Waals surface area contributed by atoms with Crippen molar-refractivity contribution in [3.63, 3.8) is 0 Å². The lowest BCUT2D eigenvalue weighted by Gasteiger charge is -2.27. The molecule has 1 unspecified atom stereocenters. The molecular weight excluding hydrogens is 174 g/mol. The first-order valence-corrected chi connectivity index (χ1v) is 5.47. The van der Waals surface area contributed by atoms with Crippen molar-refractivity contribution in [3.05, 3.63) is 0 Å². The number of nitrogens with one attached hydrogen (secondary N) is 1. The Hall–Kier alpha value is -0.220. The molecule has 0 radical (unpaired) electrons. The van der Waals surface area contributed by atoms with Gasteiger partial charge in [-0.3, -0.25) is 4.79 Å². The molecule has 0 aromatic carbocycles. The number of amides is 1. The Kier molecular flexibility index (Phi) is 2.56. The summed E-state index contributed by atoms with van der Waals surface area (Å²) in [5.41, 5.74) is 0. The fourth-order valence-electron chi connectivity index (χ4n) is 1.38. The first kappa shape index (κ1) is 8.38. The molecule has 4 heteroatoms. The van der Waals surface area contributed by atoms with Crippen molar-refractivity contribution in [2.75, 3.05) is 24.7 Å². The van der Waals surface area contributed by atoms with Crippen LogP contribution in [0, 0.1) is 5.92 Å². The molecule has 2 saturated heterocycles. The van der Waals surface area contributed by atoms with Gasteiger partial charge in [0.25, 0.3) is 0 Å². The average molecular weight is 187 g/mol. The van der Waals surface area contributed by atoms with Crippen molar-refractivity contribution in [3.8, 4) is 0 Å². The molecule has 3 nitrogen and oxygen atoms in total. The summed E-state index contributed by atoms with van der Waals surface area (Å²) in [7, 11) is 0. The van der Waals surface area contributed by atoms with Crippen LogP contribution in [-0.2, 0) is 9.53 Å². The van der Waals surface area contributed by atoms with Gasteiger partial charge in [-0.15, -0.1) is 0 Å². The van der Waals surface area contributed by atoms with Gasteiger partial charge < -0.3 is 10.1 Å². The molecule has 2 heterocycles. The van der Waals surface area contributed by atoms with Crippen LogP contribution in [0.4, 0.5) is 0 Å². The standard InChI is InChI=1S/C8H13NO2S/c10-8(6-1-2-12-5-6)9-7-3-11-4-7/h6-7H,1-5H2,(H,9,10). The molecule has 2 aliphatic heterocycles. The van der Waals surface area contributed by atoms with Crippen LogP contribution < -0.4 is 5.32 Å². The molecule has 0 aliphatic carbocycles. The van der Waals surface area contributed by atoms with E-state index in [2.05, 4.69) is 5.32 Å². The number of hydrogen-bond acceptors (Lipinski definition) is 3. The molecule has 2 aliphatic rings. The highest BCUT2D eigenvalue weighted by molar-refractivity contribution is 7.99. The largest absolute Gasteiger partial charge is 0.377 e. The van der Waals surface area contributed by atoms with E-state index in [1.807, 2.05) is 11.8 Å².